The molecule has 1 aliphatic carbocycles. The first-order valence-corrected chi connectivity index (χ1v) is 6.15. The molecule has 1 aliphatic rings. The van der Waals surface area contributed by atoms with Gasteiger partial charge in [0.2, 0.25) is 0 Å². The Bertz CT molecular complexity index is 219. The van der Waals surface area contributed by atoms with Crippen LogP contribution < -0.4 is 11.1 Å². The van der Waals surface area contributed by atoms with E-state index in [-0.39, 0.29) is 5.54 Å². The van der Waals surface area contributed by atoms with Crippen LogP contribution in [0.2, 0.25) is 0 Å². The van der Waals surface area contributed by atoms with Crippen LogP contribution in [0.4, 0.5) is 0 Å². The highest BCUT2D eigenvalue weighted by molar-refractivity contribution is 4.95. The zero-order chi connectivity index (χ0) is 11.1. The van der Waals surface area contributed by atoms with Gasteiger partial charge in [-0.3, -0.25) is 0 Å². The first-order chi connectivity index (χ1) is 7.26. The van der Waals surface area contributed by atoms with Gasteiger partial charge in [0.1, 0.15) is 0 Å². The lowest BCUT2D eigenvalue weighted by Gasteiger charge is -2.41. The van der Waals surface area contributed by atoms with E-state index in [1.165, 1.54) is 32.1 Å². The highest BCUT2D eigenvalue weighted by atomic mass is 15.0. The molecule has 0 aromatic carbocycles. The van der Waals surface area contributed by atoms with Crippen LogP contribution in [0.5, 0.6) is 0 Å². The summed E-state index contributed by atoms with van der Waals surface area (Å²) in [7, 11) is 0. The largest absolute Gasteiger partial charge is 0.329 e. The van der Waals surface area contributed by atoms with Crippen molar-refractivity contribution in [3.8, 4) is 12.3 Å². The van der Waals surface area contributed by atoms with Crippen LogP contribution in [0, 0.1) is 18.3 Å². The SMILES string of the molecule is C#CCCNC1(CN)CCCC(CC)C1. The topological polar surface area (TPSA) is 38.0 Å². The number of hydrogen-bond donors (Lipinski definition) is 2. The molecule has 15 heavy (non-hydrogen) atoms. The van der Waals surface area contributed by atoms with E-state index >= 15 is 0 Å². The molecular formula is C13H24N2. The molecule has 0 saturated heterocycles. The Morgan fingerprint density at radius 2 is 2.40 bits per heavy atom. The molecule has 2 atom stereocenters. The minimum absolute atomic E-state index is 0.176. The number of nitrogens with one attached hydrogen (secondary N) is 1. The second-order valence-electron chi connectivity index (χ2n) is 4.74. The lowest BCUT2D eigenvalue weighted by molar-refractivity contribution is 0.182. The number of hydrogen-bond acceptors (Lipinski definition) is 2. The van der Waals surface area contributed by atoms with Crippen molar-refractivity contribution in [3.05, 3.63) is 0 Å². The van der Waals surface area contributed by atoms with Crippen molar-refractivity contribution in [1.82, 2.24) is 5.32 Å². The van der Waals surface area contributed by atoms with E-state index in [0.717, 1.165) is 25.4 Å². The van der Waals surface area contributed by atoms with Gasteiger partial charge in [0.25, 0.3) is 0 Å². The smallest absolute Gasteiger partial charge is 0.0307 e. The highest BCUT2D eigenvalue weighted by Crippen LogP contribution is 2.33. The van der Waals surface area contributed by atoms with Crippen molar-refractivity contribution in [3.63, 3.8) is 0 Å². The minimum atomic E-state index is 0.176. The van der Waals surface area contributed by atoms with Crippen LogP contribution in [0.25, 0.3) is 0 Å². The second-order valence-corrected chi connectivity index (χ2v) is 4.74. The van der Waals surface area contributed by atoms with Crippen LogP contribution in [-0.4, -0.2) is 18.6 Å². The molecule has 3 N–H and O–H groups in total. The summed E-state index contributed by atoms with van der Waals surface area (Å²) >= 11 is 0. The number of terminal acetylenes is 1. The fourth-order valence-electron chi connectivity index (χ4n) is 2.65. The highest BCUT2D eigenvalue weighted by Gasteiger charge is 2.33. The maximum absolute atomic E-state index is 5.92. The Balaban J connectivity index is 2.47. The zero-order valence-electron chi connectivity index (χ0n) is 9.89. The Morgan fingerprint density at radius 3 is 3.00 bits per heavy atom. The van der Waals surface area contributed by atoms with E-state index in [1.807, 2.05) is 0 Å². The maximum Gasteiger partial charge on any atom is 0.0307 e. The van der Waals surface area contributed by atoms with E-state index in [9.17, 15) is 0 Å². The standard InChI is InChI=1S/C13H24N2/c1-3-5-9-15-13(11-14)8-6-7-12(4-2)10-13/h1,12,15H,4-11,14H2,2H3. The van der Waals surface area contributed by atoms with Crippen molar-refractivity contribution < 1.29 is 0 Å². The van der Waals surface area contributed by atoms with Gasteiger partial charge >= 0.3 is 0 Å². The Kier molecular flexibility index (Phi) is 5.14. The molecule has 2 nitrogen and oxygen atoms in total. The molecule has 2 unspecified atom stereocenters. The minimum Gasteiger partial charge on any atom is -0.329 e. The first kappa shape index (κ1) is 12.5. The summed E-state index contributed by atoms with van der Waals surface area (Å²) in [6.07, 6.45) is 12.5. The molecule has 2 heteroatoms. The van der Waals surface area contributed by atoms with Crippen LogP contribution in [0.1, 0.15) is 45.4 Å². The summed E-state index contributed by atoms with van der Waals surface area (Å²) < 4.78 is 0. The summed E-state index contributed by atoms with van der Waals surface area (Å²) in [6.45, 7) is 3.93. The third-order valence-corrected chi connectivity index (χ3v) is 3.68. The fourth-order valence-corrected chi connectivity index (χ4v) is 2.65. The summed E-state index contributed by atoms with van der Waals surface area (Å²) in [4.78, 5) is 0. The summed E-state index contributed by atoms with van der Waals surface area (Å²) in [6, 6.07) is 0. The third-order valence-electron chi connectivity index (χ3n) is 3.68. The van der Waals surface area contributed by atoms with Crippen LogP contribution >= 0.6 is 0 Å². The summed E-state index contributed by atoms with van der Waals surface area (Å²) in [5.41, 5.74) is 6.10. The zero-order valence-corrected chi connectivity index (χ0v) is 9.89. The van der Waals surface area contributed by atoms with Gasteiger partial charge in [0.15, 0.2) is 0 Å². The monoisotopic (exact) mass is 208 g/mol. The molecule has 86 valence electrons. The Labute approximate surface area is 94.0 Å². The van der Waals surface area contributed by atoms with E-state index in [1.54, 1.807) is 0 Å². The second kappa shape index (κ2) is 6.15. The van der Waals surface area contributed by atoms with Crippen molar-refractivity contribution in [2.45, 2.75) is 51.0 Å². The van der Waals surface area contributed by atoms with Crippen LogP contribution in [0.3, 0.4) is 0 Å². The molecule has 1 fully saturated rings. The normalized spacial score (nSPS) is 31.1. The van der Waals surface area contributed by atoms with Gasteiger partial charge in [0, 0.05) is 25.0 Å². The molecule has 0 radical (unpaired) electrons. The molecule has 0 amide bonds. The van der Waals surface area contributed by atoms with Crippen molar-refractivity contribution in [2.24, 2.45) is 11.7 Å². The first-order valence-electron chi connectivity index (χ1n) is 6.15. The Morgan fingerprint density at radius 1 is 1.60 bits per heavy atom. The summed E-state index contributed by atoms with van der Waals surface area (Å²) in [5.74, 6) is 3.52. The van der Waals surface area contributed by atoms with Gasteiger partial charge in [-0.05, 0) is 18.8 Å². The van der Waals surface area contributed by atoms with E-state index in [4.69, 9.17) is 12.2 Å². The molecule has 0 aromatic rings. The molecule has 1 rings (SSSR count). The van der Waals surface area contributed by atoms with Gasteiger partial charge in [-0.15, -0.1) is 12.3 Å². The van der Waals surface area contributed by atoms with Crippen LogP contribution in [-0.2, 0) is 0 Å². The molecule has 1 saturated carbocycles. The fraction of sp³-hybridized carbons (Fsp3) is 0.846. The number of nitrogens with two attached hydrogens (primary N) is 1. The van der Waals surface area contributed by atoms with E-state index in [0.29, 0.717) is 0 Å². The van der Waals surface area contributed by atoms with Crippen LogP contribution in [0.15, 0.2) is 0 Å². The third kappa shape index (κ3) is 3.52. The molecule has 0 aliphatic heterocycles. The Hall–Kier alpha value is -0.520. The predicted octanol–water partition coefficient (Wildman–Crippen LogP) is 1.90. The van der Waals surface area contributed by atoms with Gasteiger partial charge in [0.05, 0.1) is 0 Å². The molecular weight excluding hydrogens is 184 g/mol. The summed E-state index contributed by atoms with van der Waals surface area (Å²) in [5, 5.41) is 3.58. The average Bonchev–Trinajstić information content (AvgIpc) is 2.30. The lowest BCUT2D eigenvalue weighted by atomic mass is 9.74. The van der Waals surface area contributed by atoms with Crippen molar-refractivity contribution in [1.29, 1.82) is 0 Å². The molecule has 0 spiro atoms. The molecule has 0 heterocycles. The van der Waals surface area contributed by atoms with Gasteiger partial charge in [-0.1, -0.05) is 26.2 Å². The maximum atomic E-state index is 5.92. The van der Waals surface area contributed by atoms with Crippen molar-refractivity contribution >= 4 is 0 Å². The van der Waals surface area contributed by atoms with Crippen molar-refractivity contribution in [2.75, 3.05) is 13.1 Å². The van der Waals surface area contributed by atoms with Gasteiger partial charge in [-0.2, -0.15) is 0 Å². The average molecular weight is 208 g/mol. The van der Waals surface area contributed by atoms with Gasteiger partial charge in [-0.25, -0.2) is 0 Å². The lowest BCUT2D eigenvalue weighted by Crippen LogP contribution is -2.54. The molecule has 0 bridgehead atoms. The van der Waals surface area contributed by atoms with E-state index < -0.39 is 0 Å². The van der Waals surface area contributed by atoms with Gasteiger partial charge < -0.3 is 11.1 Å². The van der Waals surface area contributed by atoms with E-state index in [2.05, 4.69) is 18.2 Å². The number of rotatable bonds is 5. The predicted molar refractivity (Wildman–Crippen MR) is 65.5 cm³/mol. The quantitative estimate of drug-likeness (QED) is 0.535. The molecule has 0 aromatic heterocycles.